The van der Waals surface area contributed by atoms with Crippen LogP contribution in [0.25, 0.3) is 0 Å². The number of carbonyl (C=O) groups excluding carboxylic acids is 1. The number of carbonyl (C=O) groups is 1. The number of hydrogen-bond donors (Lipinski definition) is 1. The minimum Gasteiger partial charge on any atom is -0.497 e. The van der Waals surface area contributed by atoms with E-state index in [1.807, 2.05) is 36.4 Å². The van der Waals surface area contributed by atoms with Crippen LogP contribution in [0.5, 0.6) is 11.5 Å². The van der Waals surface area contributed by atoms with Crippen molar-refractivity contribution in [2.75, 3.05) is 7.11 Å². The molecule has 3 rings (SSSR count). The molecule has 0 aliphatic carbocycles. The fraction of sp³-hybridized carbons (Fsp3) is 0.100. The van der Waals surface area contributed by atoms with Gasteiger partial charge in [0.05, 0.1) is 17.1 Å². The van der Waals surface area contributed by atoms with Crippen molar-refractivity contribution in [1.82, 2.24) is 5.43 Å². The summed E-state index contributed by atoms with van der Waals surface area (Å²) in [5.74, 6) is 1.20. The van der Waals surface area contributed by atoms with Gasteiger partial charge >= 0.3 is 0 Å². The summed E-state index contributed by atoms with van der Waals surface area (Å²) in [6, 6.07) is 18.5. The predicted octanol–water partition coefficient (Wildman–Crippen LogP) is 4.86. The van der Waals surface area contributed by atoms with Gasteiger partial charge < -0.3 is 9.47 Å². The highest BCUT2D eigenvalue weighted by atomic mass is 79.9. The zero-order valence-corrected chi connectivity index (χ0v) is 16.9. The number of nitrogens with one attached hydrogen (secondary N) is 1. The molecule has 0 unspecified atom stereocenters. The lowest BCUT2D eigenvalue weighted by atomic mass is 10.2. The van der Waals surface area contributed by atoms with Crippen LogP contribution in [0, 0.1) is 0 Å². The average molecular weight is 445 g/mol. The van der Waals surface area contributed by atoms with Gasteiger partial charge in [-0.15, -0.1) is 11.3 Å². The van der Waals surface area contributed by atoms with Crippen molar-refractivity contribution in [2.24, 2.45) is 5.10 Å². The smallest absolute Gasteiger partial charge is 0.271 e. The van der Waals surface area contributed by atoms with Gasteiger partial charge in [-0.25, -0.2) is 5.43 Å². The van der Waals surface area contributed by atoms with E-state index in [1.54, 1.807) is 37.6 Å². The highest BCUT2D eigenvalue weighted by molar-refractivity contribution is 9.11. The van der Waals surface area contributed by atoms with E-state index in [-0.39, 0.29) is 5.91 Å². The highest BCUT2D eigenvalue weighted by Gasteiger charge is 2.05. The first kappa shape index (κ1) is 19.1. The van der Waals surface area contributed by atoms with Gasteiger partial charge in [0.2, 0.25) is 0 Å². The van der Waals surface area contributed by atoms with Crippen molar-refractivity contribution in [3.05, 3.63) is 80.5 Å². The molecule has 0 bridgehead atoms. The molecule has 0 saturated carbocycles. The maximum Gasteiger partial charge on any atom is 0.271 e. The topological polar surface area (TPSA) is 59.9 Å². The molecule has 7 heteroatoms. The summed E-state index contributed by atoms with van der Waals surface area (Å²) < 4.78 is 12.0. The third kappa shape index (κ3) is 5.67. The summed E-state index contributed by atoms with van der Waals surface area (Å²) in [5, 5.41) is 3.97. The Kier molecular flexibility index (Phi) is 6.62. The number of hydrogen-bond acceptors (Lipinski definition) is 5. The molecule has 0 aliphatic rings. The Morgan fingerprint density at radius 2 is 1.96 bits per heavy atom. The van der Waals surface area contributed by atoms with Crippen LogP contribution in [0.2, 0.25) is 0 Å². The fourth-order valence-electron chi connectivity index (χ4n) is 2.25. The standard InChI is InChI=1S/C20H17BrN2O3S/c1-25-17-4-2-3-14(11-17)13-26-16-7-5-15(6-8-16)20(24)23-22-12-18-9-10-19(21)27-18/h2-12H,13H2,1H3,(H,23,24). The first-order valence-electron chi connectivity index (χ1n) is 8.08. The molecule has 1 heterocycles. The Morgan fingerprint density at radius 3 is 2.67 bits per heavy atom. The highest BCUT2D eigenvalue weighted by Crippen LogP contribution is 2.20. The van der Waals surface area contributed by atoms with Gasteiger partial charge in [-0.1, -0.05) is 12.1 Å². The quantitative estimate of drug-likeness (QED) is 0.417. The van der Waals surface area contributed by atoms with Crippen molar-refractivity contribution in [3.8, 4) is 11.5 Å². The lowest BCUT2D eigenvalue weighted by Gasteiger charge is -2.08. The van der Waals surface area contributed by atoms with E-state index < -0.39 is 0 Å². The minimum atomic E-state index is -0.277. The van der Waals surface area contributed by atoms with Gasteiger partial charge in [0.15, 0.2) is 0 Å². The van der Waals surface area contributed by atoms with Crippen LogP contribution in [0.4, 0.5) is 0 Å². The number of nitrogens with zero attached hydrogens (tertiary/aromatic N) is 1. The van der Waals surface area contributed by atoms with Crippen molar-refractivity contribution in [3.63, 3.8) is 0 Å². The number of thiophene rings is 1. The fourth-order valence-corrected chi connectivity index (χ4v) is 3.54. The van der Waals surface area contributed by atoms with Crippen LogP contribution >= 0.6 is 27.3 Å². The molecule has 5 nitrogen and oxygen atoms in total. The summed E-state index contributed by atoms with van der Waals surface area (Å²) >= 11 is 4.92. The molecule has 27 heavy (non-hydrogen) atoms. The van der Waals surface area contributed by atoms with E-state index in [1.165, 1.54) is 11.3 Å². The largest absolute Gasteiger partial charge is 0.497 e. The van der Waals surface area contributed by atoms with Crippen LogP contribution in [-0.4, -0.2) is 19.2 Å². The molecular weight excluding hydrogens is 428 g/mol. The summed E-state index contributed by atoms with van der Waals surface area (Å²) in [4.78, 5) is 13.1. The molecule has 1 amide bonds. The molecule has 0 aliphatic heterocycles. The first-order valence-corrected chi connectivity index (χ1v) is 9.69. The van der Waals surface area contributed by atoms with Gasteiger partial charge in [0, 0.05) is 10.4 Å². The second-order valence-electron chi connectivity index (χ2n) is 5.51. The Morgan fingerprint density at radius 1 is 1.15 bits per heavy atom. The molecular formula is C20H17BrN2O3S. The molecule has 3 aromatic rings. The normalized spacial score (nSPS) is 10.7. The molecule has 2 aromatic carbocycles. The summed E-state index contributed by atoms with van der Waals surface area (Å²) in [6.45, 7) is 0.420. The third-order valence-corrected chi connectivity index (χ3v) is 5.17. The lowest BCUT2D eigenvalue weighted by Crippen LogP contribution is -2.17. The van der Waals surface area contributed by atoms with Crippen LogP contribution in [-0.2, 0) is 6.61 Å². The molecule has 1 N–H and O–H groups in total. The van der Waals surface area contributed by atoms with Gasteiger partial charge in [-0.3, -0.25) is 4.79 Å². The first-order chi connectivity index (χ1) is 13.1. The predicted molar refractivity (Wildman–Crippen MR) is 111 cm³/mol. The van der Waals surface area contributed by atoms with E-state index in [0.717, 1.165) is 20.0 Å². The number of hydrazone groups is 1. The van der Waals surface area contributed by atoms with E-state index in [4.69, 9.17) is 9.47 Å². The Hall–Kier alpha value is -2.64. The average Bonchev–Trinajstić information content (AvgIpc) is 3.12. The number of amides is 1. The molecule has 1 aromatic heterocycles. The Labute approximate surface area is 169 Å². The summed E-state index contributed by atoms with van der Waals surface area (Å²) in [6.07, 6.45) is 1.61. The van der Waals surface area contributed by atoms with E-state index in [2.05, 4.69) is 26.5 Å². The van der Waals surface area contributed by atoms with Crippen molar-refractivity contribution in [1.29, 1.82) is 0 Å². The molecule has 138 valence electrons. The van der Waals surface area contributed by atoms with Crippen LogP contribution in [0.15, 0.2) is 69.6 Å². The SMILES string of the molecule is COc1cccc(COc2ccc(C(=O)NN=Cc3ccc(Br)s3)cc2)c1. The Balaban J connectivity index is 1.53. The number of rotatable bonds is 7. The van der Waals surface area contributed by atoms with Crippen LogP contribution in [0.1, 0.15) is 20.8 Å². The molecule has 0 fully saturated rings. The summed E-state index contributed by atoms with van der Waals surface area (Å²) in [7, 11) is 1.63. The zero-order chi connectivity index (χ0) is 19.1. The number of ether oxygens (including phenoxy) is 2. The lowest BCUT2D eigenvalue weighted by molar-refractivity contribution is 0.0955. The molecule has 0 saturated heterocycles. The minimum absolute atomic E-state index is 0.277. The summed E-state index contributed by atoms with van der Waals surface area (Å²) in [5.41, 5.74) is 4.03. The second-order valence-corrected chi connectivity index (χ2v) is 8.00. The maximum atomic E-state index is 12.1. The second kappa shape index (κ2) is 9.34. The van der Waals surface area contributed by atoms with E-state index in [0.29, 0.717) is 17.9 Å². The van der Waals surface area contributed by atoms with Crippen LogP contribution < -0.4 is 14.9 Å². The maximum absolute atomic E-state index is 12.1. The molecule has 0 spiro atoms. The number of benzene rings is 2. The molecule has 0 radical (unpaired) electrons. The van der Waals surface area contributed by atoms with Crippen molar-refractivity contribution in [2.45, 2.75) is 6.61 Å². The van der Waals surface area contributed by atoms with Crippen molar-refractivity contribution < 1.29 is 14.3 Å². The van der Waals surface area contributed by atoms with E-state index in [9.17, 15) is 4.79 Å². The van der Waals surface area contributed by atoms with Crippen molar-refractivity contribution >= 4 is 39.4 Å². The zero-order valence-electron chi connectivity index (χ0n) is 14.5. The van der Waals surface area contributed by atoms with E-state index >= 15 is 0 Å². The monoisotopic (exact) mass is 444 g/mol. The van der Waals surface area contributed by atoms with Gasteiger partial charge in [0.25, 0.3) is 5.91 Å². The Bertz CT molecular complexity index is 938. The number of methoxy groups -OCH3 is 1. The van der Waals surface area contributed by atoms with Gasteiger partial charge in [0.1, 0.15) is 18.1 Å². The van der Waals surface area contributed by atoms with Crippen LogP contribution in [0.3, 0.4) is 0 Å². The third-order valence-electron chi connectivity index (χ3n) is 3.61. The van der Waals surface area contributed by atoms with Gasteiger partial charge in [-0.05, 0) is 70.0 Å². The number of halogens is 1. The van der Waals surface area contributed by atoms with Gasteiger partial charge in [-0.2, -0.15) is 5.10 Å². The molecule has 0 atom stereocenters.